The summed E-state index contributed by atoms with van der Waals surface area (Å²) >= 11 is 2.85. The van der Waals surface area contributed by atoms with Crippen LogP contribution >= 0.6 is 22.7 Å². The first kappa shape index (κ1) is 20.3. The molecule has 0 aliphatic rings. The van der Waals surface area contributed by atoms with Crippen molar-refractivity contribution < 1.29 is 14.6 Å². The van der Waals surface area contributed by atoms with Crippen molar-refractivity contribution in [3.63, 3.8) is 0 Å². The number of ether oxygens (including phenoxy) is 1. The van der Waals surface area contributed by atoms with Crippen LogP contribution in [0.2, 0.25) is 0 Å². The lowest BCUT2D eigenvalue weighted by Crippen LogP contribution is -2.10. The third kappa shape index (κ3) is 4.30. The molecule has 30 heavy (non-hydrogen) atoms. The topological polar surface area (TPSA) is 110 Å². The molecule has 3 aromatic heterocycles. The molecule has 0 saturated heterocycles. The van der Waals surface area contributed by atoms with Crippen molar-refractivity contribution in [3.05, 3.63) is 57.2 Å². The maximum absolute atomic E-state index is 11.1. The average molecular weight is 442 g/mol. The summed E-state index contributed by atoms with van der Waals surface area (Å²) in [5.41, 5.74) is 3.53. The molecule has 8 nitrogen and oxygen atoms in total. The summed E-state index contributed by atoms with van der Waals surface area (Å²) in [6, 6.07) is 7.94. The summed E-state index contributed by atoms with van der Waals surface area (Å²) in [6.07, 6.45) is 0.398. The Morgan fingerprint density at radius 3 is 2.80 bits per heavy atom. The first-order valence-corrected chi connectivity index (χ1v) is 11.0. The Morgan fingerprint density at radius 1 is 1.23 bits per heavy atom. The van der Waals surface area contributed by atoms with Gasteiger partial charge in [-0.05, 0) is 26.0 Å². The molecule has 0 aliphatic carbocycles. The van der Waals surface area contributed by atoms with E-state index in [2.05, 4.69) is 25.5 Å². The van der Waals surface area contributed by atoms with E-state index in [1.807, 2.05) is 38.1 Å². The largest absolute Gasteiger partial charge is 0.476 e. The quantitative estimate of drug-likeness (QED) is 0.413. The van der Waals surface area contributed by atoms with Crippen molar-refractivity contribution in [1.29, 1.82) is 0 Å². The zero-order valence-corrected chi connectivity index (χ0v) is 18.0. The van der Waals surface area contributed by atoms with Gasteiger partial charge in [0.1, 0.15) is 0 Å². The van der Waals surface area contributed by atoms with Crippen LogP contribution in [0.5, 0.6) is 0 Å². The van der Waals surface area contributed by atoms with Crippen LogP contribution in [0.25, 0.3) is 10.2 Å². The lowest BCUT2D eigenvalue weighted by Gasteiger charge is -2.14. The number of hydrogen-bond acceptors (Lipinski definition) is 9. The summed E-state index contributed by atoms with van der Waals surface area (Å²) < 4.78 is 6.75. The van der Waals surface area contributed by atoms with Crippen molar-refractivity contribution in [1.82, 2.24) is 20.2 Å². The Hall–Kier alpha value is -2.95. The van der Waals surface area contributed by atoms with Crippen molar-refractivity contribution in [2.24, 2.45) is 0 Å². The van der Waals surface area contributed by atoms with E-state index < -0.39 is 5.97 Å². The minimum Gasteiger partial charge on any atom is -0.476 e. The van der Waals surface area contributed by atoms with E-state index in [0.717, 1.165) is 32.2 Å². The number of aromatic nitrogens is 4. The van der Waals surface area contributed by atoms with E-state index in [1.54, 1.807) is 11.3 Å². The Morgan fingerprint density at radius 2 is 2.07 bits per heavy atom. The number of hydrogen-bond donors (Lipinski definition) is 2. The molecule has 2 N–H and O–H groups in total. The van der Waals surface area contributed by atoms with Crippen molar-refractivity contribution in [2.75, 3.05) is 11.9 Å². The number of thiazole rings is 2. The number of para-hydroxylation sites is 1. The fraction of sp³-hybridized carbons (Fsp3) is 0.250. The number of aromatic carboxylic acids is 1. The standard InChI is InChI=1S/C20H19N5O3S2/c1-3-28-9-12-11(2)18(23-20-22-13-6-4-5-7-16(13)30-20)25-24-14(12)8-17-21-15(10-29-17)19(26)27/h4-7,10H,3,8-9H2,1-2H3,(H,26,27)(H,22,23,25). The summed E-state index contributed by atoms with van der Waals surface area (Å²) in [5.74, 6) is -0.414. The van der Waals surface area contributed by atoms with E-state index in [1.165, 1.54) is 16.7 Å². The zero-order chi connectivity index (χ0) is 21.1. The van der Waals surface area contributed by atoms with Gasteiger partial charge in [0, 0.05) is 29.5 Å². The number of rotatable bonds is 8. The smallest absolute Gasteiger partial charge is 0.355 e. The summed E-state index contributed by atoms with van der Waals surface area (Å²) in [6.45, 7) is 4.86. The van der Waals surface area contributed by atoms with Crippen LogP contribution in [0.4, 0.5) is 10.9 Å². The van der Waals surface area contributed by atoms with Gasteiger partial charge in [-0.3, -0.25) is 0 Å². The van der Waals surface area contributed by atoms with Crippen LogP contribution < -0.4 is 5.32 Å². The molecule has 1 aromatic carbocycles. The molecule has 0 bridgehead atoms. The zero-order valence-electron chi connectivity index (χ0n) is 16.4. The number of benzene rings is 1. The Kier molecular flexibility index (Phi) is 5.98. The van der Waals surface area contributed by atoms with Crippen molar-refractivity contribution in [2.45, 2.75) is 26.9 Å². The number of anilines is 2. The van der Waals surface area contributed by atoms with Crippen LogP contribution in [-0.4, -0.2) is 37.8 Å². The van der Waals surface area contributed by atoms with Gasteiger partial charge in [-0.1, -0.05) is 23.5 Å². The second-order valence-electron chi connectivity index (χ2n) is 6.46. The van der Waals surface area contributed by atoms with Gasteiger partial charge in [-0.25, -0.2) is 14.8 Å². The highest BCUT2D eigenvalue weighted by atomic mass is 32.1. The monoisotopic (exact) mass is 441 g/mol. The molecule has 0 spiro atoms. The summed E-state index contributed by atoms with van der Waals surface area (Å²) in [7, 11) is 0. The van der Waals surface area contributed by atoms with Gasteiger partial charge >= 0.3 is 5.97 Å². The van der Waals surface area contributed by atoms with Crippen LogP contribution in [-0.2, 0) is 17.8 Å². The molecule has 0 aliphatic heterocycles. The lowest BCUT2D eigenvalue weighted by atomic mass is 10.1. The fourth-order valence-electron chi connectivity index (χ4n) is 2.92. The minimum atomic E-state index is -1.04. The van der Waals surface area contributed by atoms with Gasteiger partial charge in [-0.2, -0.15) is 5.10 Å². The number of carboxylic acids is 1. The second-order valence-corrected chi connectivity index (χ2v) is 8.43. The Bertz CT molecular complexity index is 1170. The first-order chi connectivity index (χ1) is 14.5. The minimum absolute atomic E-state index is 0.0418. The average Bonchev–Trinajstić information content (AvgIpc) is 3.36. The number of nitrogens with zero attached hydrogens (tertiary/aromatic N) is 4. The molecule has 0 amide bonds. The van der Waals surface area contributed by atoms with Crippen LogP contribution in [0.3, 0.4) is 0 Å². The van der Waals surface area contributed by atoms with E-state index in [9.17, 15) is 4.79 Å². The SMILES string of the molecule is CCOCc1c(Cc2nc(C(=O)O)cs2)nnc(Nc2nc3ccccc3s2)c1C. The molecule has 0 atom stereocenters. The molecule has 4 rings (SSSR count). The Balaban J connectivity index is 1.64. The number of carbonyl (C=O) groups is 1. The number of nitrogens with one attached hydrogen (secondary N) is 1. The van der Waals surface area contributed by atoms with E-state index >= 15 is 0 Å². The Labute approximate surface area is 180 Å². The third-order valence-corrected chi connectivity index (χ3v) is 6.29. The predicted molar refractivity (Wildman–Crippen MR) is 117 cm³/mol. The molecule has 10 heteroatoms. The summed E-state index contributed by atoms with van der Waals surface area (Å²) in [4.78, 5) is 19.8. The van der Waals surface area contributed by atoms with Crippen LogP contribution in [0, 0.1) is 6.92 Å². The number of fused-ring (bicyclic) bond motifs is 1. The summed E-state index contributed by atoms with van der Waals surface area (Å²) in [5, 5.41) is 24.1. The highest BCUT2D eigenvalue weighted by Crippen LogP contribution is 2.30. The van der Waals surface area contributed by atoms with Crippen molar-refractivity contribution >= 4 is 49.8 Å². The molecule has 154 valence electrons. The van der Waals surface area contributed by atoms with Crippen LogP contribution in [0.1, 0.15) is 39.2 Å². The van der Waals surface area contributed by atoms with Gasteiger partial charge in [0.25, 0.3) is 0 Å². The van der Waals surface area contributed by atoms with Crippen LogP contribution in [0.15, 0.2) is 29.6 Å². The van der Waals surface area contributed by atoms with Gasteiger partial charge < -0.3 is 15.2 Å². The van der Waals surface area contributed by atoms with Gasteiger partial charge in [0.15, 0.2) is 16.6 Å². The maximum Gasteiger partial charge on any atom is 0.355 e. The van der Waals surface area contributed by atoms with E-state index in [4.69, 9.17) is 9.84 Å². The second kappa shape index (κ2) is 8.82. The molecular weight excluding hydrogens is 422 g/mol. The molecule has 0 unspecified atom stereocenters. The molecule has 0 fully saturated rings. The van der Waals surface area contributed by atoms with E-state index in [-0.39, 0.29) is 5.69 Å². The van der Waals surface area contributed by atoms with Gasteiger partial charge in [0.2, 0.25) is 0 Å². The molecule has 4 aromatic rings. The molecule has 3 heterocycles. The number of carboxylic acid groups (broad SMARTS) is 1. The first-order valence-electron chi connectivity index (χ1n) is 9.28. The molecule has 0 saturated carbocycles. The highest BCUT2D eigenvalue weighted by Gasteiger charge is 2.17. The predicted octanol–water partition coefficient (Wildman–Crippen LogP) is 4.42. The van der Waals surface area contributed by atoms with Gasteiger partial charge in [0.05, 0.1) is 27.5 Å². The fourth-order valence-corrected chi connectivity index (χ4v) is 4.56. The third-order valence-electron chi connectivity index (χ3n) is 4.49. The highest BCUT2D eigenvalue weighted by molar-refractivity contribution is 7.22. The van der Waals surface area contributed by atoms with E-state index in [0.29, 0.717) is 30.5 Å². The molecular formula is C20H19N5O3S2. The van der Waals surface area contributed by atoms with Gasteiger partial charge in [-0.15, -0.1) is 16.4 Å². The molecule has 0 radical (unpaired) electrons. The normalized spacial score (nSPS) is 11.1. The maximum atomic E-state index is 11.1. The lowest BCUT2D eigenvalue weighted by molar-refractivity contribution is 0.0691. The van der Waals surface area contributed by atoms with Crippen molar-refractivity contribution in [3.8, 4) is 0 Å².